The Morgan fingerprint density at radius 3 is 2.94 bits per heavy atom. The highest BCUT2D eigenvalue weighted by atomic mass is 16.5. The van der Waals surface area contributed by atoms with Gasteiger partial charge in [-0.3, -0.25) is 4.79 Å². The SMILES string of the molecule is Cn1cc(N)cc1C(=O)NC1(C)CCCOC1. The number of nitrogens with two attached hydrogens (primary N) is 1. The fraction of sp³-hybridized carbons (Fsp3) is 0.583. The van der Waals surface area contributed by atoms with Crippen LogP contribution in [0.3, 0.4) is 0 Å². The molecule has 1 unspecified atom stereocenters. The predicted octanol–water partition coefficient (Wildman–Crippen LogP) is 0.906. The minimum absolute atomic E-state index is 0.0998. The lowest BCUT2D eigenvalue weighted by molar-refractivity contribution is 0.0270. The molecule has 5 heteroatoms. The molecule has 0 aliphatic carbocycles. The standard InChI is InChI=1S/C12H19N3O2/c1-12(4-3-5-17-8-12)14-11(16)10-6-9(13)7-15(10)2/h6-7H,3-5,8,13H2,1-2H3,(H,14,16). The van der Waals surface area contributed by atoms with Gasteiger partial charge in [-0.25, -0.2) is 0 Å². The van der Waals surface area contributed by atoms with E-state index in [2.05, 4.69) is 5.32 Å². The molecule has 1 aromatic rings. The number of nitrogen functional groups attached to an aromatic ring is 1. The summed E-state index contributed by atoms with van der Waals surface area (Å²) in [6.07, 6.45) is 3.65. The van der Waals surface area contributed by atoms with Crippen LogP contribution in [0.2, 0.25) is 0 Å². The maximum Gasteiger partial charge on any atom is 0.268 e. The Morgan fingerprint density at radius 1 is 1.65 bits per heavy atom. The topological polar surface area (TPSA) is 69.3 Å². The van der Waals surface area contributed by atoms with Gasteiger partial charge in [0.2, 0.25) is 0 Å². The van der Waals surface area contributed by atoms with Crippen molar-refractivity contribution in [3.05, 3.63) is 18.0 Å². The minimum atomic E-state index is -0.269. The molecule has 0 radical (unpaired) electrons. The van der Waals surface area contributed by atoms with E-state index < -0.39 is 0 Å². The van der Waals surface area contributed by atoms with Crippen LogP contribution in [-0.4, -0.2) is 29.2 Å². The van der Waals surface area contributed by atoms with Crippen LogP contribution in [0.5, 0.6) is 0 Å². The minimum Gasteiger partial charge on any atom is -0.397 e. The van der Waals surface area contributed by atoms with Crippen LogP contribution in [0.4, 0.5) is 5.69 Å². The summed E-state index contributed by atoms with van der Waals surface area (Å²) in [7, 11) is 1.81. The maximum atomic E-state index is 12.1. The number of carbonyl (C=O) groups excluding carboxylic acids is 1. The van der Waals surface area contributed by atoms with Crippen molar-refractivity contribution in [3.8, 4) is 0 Å². The van der Waals surface area contributed by atoms with E-state index in [0.29, 0.717) is 18.0 Å². The van der Waals surface area contributed by atoms with Gasteiger partial charge in [0, 0.05) is 19.9 Å². The molecular weight excluding hydrogens is 218 g/mol. The molecule has 0 aromatic carbocycles. The van der Waals surface area contributed by atoms with E-state index in [0.717, 1.165) is 19.4 Å². The first kappa shape index (κ1) is 12.0. The Balaban J connectivity index is 2.08. The second-order valence-electron chi connectivity index (χ2n) is 4.94. The van der Waals surface area contributed by atoms with Crippen LogP contribution in [0.1, 0.15) is 30.3 Å². The molecule has 1 aliphatic rings. The molecule has 1 amide bonds. The summed E-state index contributed by atoms with van der Waals surface area (Å²) < 4.78 is 7.14. The molecule has 5 nitrogen and oxygen atoms in total. The van der Waals surface area contributed by atoms with Crippen molar-refractivity contribution in [1.82, 2.24) is 9.88 Å². The number of nitrogens with one attached hydrogen (secondary N) is 1. The number of aryl methyl sites for hydroxylation is 1. The molecule has 1 fully saturated rings. The van der Waals surface area contributed by atoms with Crippen LogP contribution < -0.4 is 11.1 Å². The Kier molecular flexibility index (Phi) is 3.11. The first-order valence-electron chi connectivity index (χ1n) is 5.82. The lowest BCUT2D eigenvalue weighted by atomic mass is 9.95. The summed E-state index contributed by atoms with van der Waals surface area (Å²) in [6.45, 7) is 3.36. The molecule has 2 heterocycles. The quantitative estimate of drug-likeness (QED) is 0.803. The van der Waals surface area contributed by atoms with Gasteiger partial charge in [-0.1, -0.05) is 0 Å². The van der Waals surface area contributed by atoms with E-state index in [1.165, 1.54) is 0 Å². The van der Waals surface area contributed by atoms with Crippen molar-refractivity contribution >= 4 is 11.6 Å². The van der Waals surface area contributed by atoms with Gasteiger partial charge in [0.1, 0.15) is 5.69 Å². The van der Waals surface area contributed by atoms with Crippen LogP contribution >= 0.6 is 0 Å². The van der Waals surface area contributed by atoms with Crippen molar-refractivity contribution in [3.63, 3.8) is 0 Å². The van der Waals surface area contributed by atoms with Gasteiger partial charge in [0.15, 0.2) is 0 Å². The Hall–Kier alpha value is -1.49. The van der Waals surface area contributed by atoms with Crippen LogP contribution in [0.25, 0.3) is 0 Å². The molecule has 17 heavy (non-hydrogen) atoms. The van der Waals surface area contributed by atoms with Crippen molar-refractivity contribution < 1.29 is 9.53 Å². The first-order chi connectivity index (χ1) is 8.00. The average molecular weight is 237 g/mol. The number of aromatic nitrogens is 1. The molecule has 2 rings (SSSR count). The number of amides is 1. The van der Waals surface area contributed by atoms with Gasteiger partial charge >= 0.3 is 0 Å². The number of ether oxygens (including phenoxy) is 1. The van der Waals surface area contributed by atoms with Gasteiger partial charge in [-0.05, 0) is 25.8 Å². The summed E-state index contributed by atoms with van der Waals surface area (Å²) in [5.41, 5.74) is 6.57. The number of hydrogen-bond donors (Lipinski definition) is 2. The highest BCUT2D eigenvalue weighted by Gasteiger charge is 2.30. The Labute approximate surface area is 101 Å². The fourth-order valence-corrected chi connectivity index (χ4v) is 2.19. The van der Waals surface area contributed by atoms with Crippen LogP contribution in [-0.2, 0) is 11.8 Å². The maximum absolute atomic E-state index is 12.1. The number of carbonyl (C=O) groups is 1. The van der Waals surface area contributed by atoms with Crippen LogP contribution in [0, 0.1) is 0 Å². The largest absolute Gasteiger partial charge is 0.397 e. The molecule has 1 saturated heterocycles. The highest BCUT2D eigenvalue weighted by Crippen LogP contribution is 2.19. The molecule has 3 N–H and O–H groups in total. The molecule has 1 aromatic heterocycles. The lowest BCUT2D eigenvalue weighted by Gasteiger charge is -2.34. The highest BCUT2D eigenvalue weighted by molar-refractivity contribution is 5.94. The number of nitrogens with zero attached hydrogens (tertiary/aromatic N) is 1. The van der Waals surface area contributed by atoms with Gasteiger partial charge in [0.05, 0.1) is 17.8 Å². The number of rotatable bonds is 2. The predicted molar refractivity (Wildman–Crippen MR) is 65.7 cm³/mol. The molecule has 0 bridgehead atoms. The van der Waals surface area contributed by atoms with E-state index in [9.17, 15) is 4.79 Å². The van der Waals surface area contributed by atoms with Crippen LogP contribution in [0.15, 0.2) is 12.3 Å². The molecule has 0 spiro atoms. The summed E-state index contributed by atoms with van der Waals surface area (Å²) in [5, 5.41) is 3.03. The summed E-state index contributed by atoms with van der Waals surface area (Å²) in [6, 6.07) is 1.68. The van der Waals surface area contributed by atoms with Gasteiger partial charge < -0.3 is 20.4 Å². The molecule has 1 atom stereocenters. The van der Waals surface area contributed by atoms with E-state index in [1.807, 2.05) is 14.0 Å². The van der Waals surface area contributed by atoms with E-state index in [1.54, 1.807) is 16.8 Å². The third-order valence-electron chi connectivity index (χ3n) is 3.11. The van der Waals surface area contributed by atoms with E-state index >= 15 is 0 Å². The van der Waals surface area contributed by atoms with Gasteiger partial charge in [-0.15, -0.1) is 0 Å². The summed E-state index contributed by atoms with van der Waals surface area (Å²) in [4.78, 5) is 12.1. The van der Waals surface area contributed by atoms with E-state index in [-0.39, 0.29) is 11.4 Å². The van der Waals surface area contributed by atoms with Crippen molar-refractivity contribution in [2.75, 3.05) is 18.9 Å². The first-order valence-corrected chi connectivity index (χ1v) is 5.82. The van der Waals surface area contributed by atoms with Gasteiger partial charge in [0.25, 0.3) is 5.91 Å². The monoisotopic (exact) mass is 237 g/mol. The van der Waals surface area contributed by atoms with E-state index in [4.69, 9.17) is 10.5 Å². The van der Waals surface area contributed by atoms with Crippen molar-refractivity contribution in [1.29, 1.82) is 0 Å². The zero-order valence-electron chi connectivity index (χ0n) is 10.3. The number of anilines is 1. The van der Waals surface area contributed by atoms with Crippen molar-refractivity contribution in [2.24, 2.45) is 7.05 Å². The second-order valence-corrected chi connectivity index (χ2v) is 4.94. The fourth-order valence-electron chi connectivity index (χ4n) is 2.19. The molecular formula is C12H19N3O2. The Bertz CT molecular complexity index is 419. The summed E-state index contributed by atoms with van der Waals surface area (Å²) >= 11 is 0. The Morgan fingerprint density at radius 2 is 2.41 bits per heavy atom. The zero-order valence-corrected chi connectivity index (χ0v) is 10.3. The van der Waals surface area contributed by atoms with Crippen molar-refractivity contribution in [2.45, 2.75) is 25.3 Å². The normalized spacial score (nSPS) is 24.6. The van der Waals surface area contributed by atoms with Gasteiger partial charge in [-0.2, -0.15) is 0 Å². The summed E-state index contributed by atoms with van der Waals surface area (Å²) in [5.74, 6) is -0.0998. The smallest absolute Gasteiger partial charge is 0.268 e. The molecule has 1 aliphatic heterocycles. The third kappa shape index (κ3) is 2.61. The third-order valence-corrected chi connectivity index (χ3v) is 3.11. The average Bonchev–Trinajstić information content (AvgIpc) is 2.58. The molecule has 94 valence electrons. The lowest BCUT2D eigenvalue weighted by Crippen LogP contribution is -2.51. The second kappa shape index (κ2) is 4.41. The zero-order chi connectivity index (χ0) is 12.5. The molecule has 0 saturated carbocycles. The number of hydrogen-bond acceptors (Lipinski definition) is 3.